The van der Waals surface area contributed by atoms with Crippen LogP contribution in [0.3, 0.4) is 0 Å². The van der Waals surface area contributed by atoms with Crippen molar-refractivity contribution in [2.24, 2.45) is 0 Å². The molecule has 1 saturated heterocycles. The molecule has 0 saturated carbocycles. The van der Waals surface area contributed by atoms with Gasteiger partial charge in [-0.05, 0) is 66.1 Å². The molecule has 0 bridgehead atoms. The van der Waals surface area contributed by atoms with Crippen LogP contribution in [0.2, 0.25) is 0 Å². The first-order chi connectivity index (χ1) is 14.7. The highest BCUT2D eigenvalue weighted by Gasteiger charge is 2.19. The predicted octanol–water partition coefficient (Wildman–Crippen LogP) is 4.68. The van der Waals surface area contributed by atoms with Crippen LogP contribution in [0.25, 0.3) is 5.57 Å². The third kappa shape index (κ3) is 5.19. The van der Waals surface area contributed by atoms with Crippen molar-refractivity contribution in [2.45, 2.75) is 51.8 Å². The first-order valence-electron chi connectivity index (χ1n) is 10.9. The lowest BCUT2D eigenvalue weighted by Crippen LogP contribution is -2.35. The van der Waals surface area contributed by atoms with Crippen molar-refractivity contribution in [3.8, 4) is 5.75 Å². The minimum Gasteiger partial charge on any atom is -0.489 e. The molecule has 1 amide bonds. The van der Waals surface area contributed by atoms with Gasteiger partial charge in [0.1, 0.15) is 12.4 Å². The molecule has 2 aromatic carbocycles. The Morgan fingerprint density at radius 3 is 2.73 bits per heavy atom. The Bertz CT molecular complexity index is 944. The maximum Gasteiger partial charge on any atom is 0.220 e. The van der Waals surface area contributed by atoms with Gasteiger partial charge in [0.25, 0.3) is 0 Å². The minimum absolute atomic E-state index is 0.163. The molecule has 4 rings (SSSR count). The summed E-state index contributed by atoms with van der Waals surface area (Å²) in [6.45, 7) is 4.36. The maximum atomic E-state index is 11.3. The number of nitrogens with one attached hydrogen (secondary N) is 2. The van der Waals surface area contributed by atoms with Crippen LogP contribution in [0.15, 0.2) is 60.7 Å². The summed E-state index contributed by atoms with van der Waals surface area (Å²) in [6.07, 6.45) is 10.4. The van der Waals surface area contributed by atoms with E-state index in [0.29, 0.717) is 13.0 Å². The summed E-state index contributed by atoms with van der Waals surface area (Å²) < 4.78 is 6.07. The molecule has 4 heteroatoms. The second-order valence-corrected chi connectivity index (χ2v) is 8.12. The van der Waals surface area contributed by atoms with Crippen LogP contribution in [0.5, 0.6) is 5.75 Å². The van der Waals surface area contributed by atoms with Crippen LogP contribution >= 0.6 is 0 Å². The quantitative estimate of drug-likeness (QED) is 0.674. The van der Waals surface area contributed by atoms with Crippen LogP contribution < -0.4 is 15.4 Å². The summed E-state index contributed by atoms with van der Waals surface area (Å²) in [7, 11) is 0. The van der Waals surface area contributed by atoms with E-state index in [9.17, 15) is 4.79 Å². The van der Waals surface area contributed by atoms with E-state index >= 15 is 0 Å². The summed E-state index contributed by atoms with van der Waals surface area (Å²) in [5.74, 6) is 1.04. The molecule has 1 aliphatic carbocycles. The molecule has 2 N–H and O–H groups in total. The number of carbonyl (C=O) groups excluding carboxylic acids is 1. The number of hydrogen-bond donors (Lipinski definition) is 2. The number of rotatable bonds is 8. The Balaban J connectivity index is 1.29. The third-order valence-electron chi connectivity index (χ3n) is 5.93. The molecule has 1 heterocycles. The van der Waals surface area contributed by atoms with Gasteiger partial charge in [0.15, 0.2) is 0 Å². The van der Waals surface area contributed by atoms with Gasteiger partial charge in [-0.3, -0.25) is 4.79 Å². The van der Waals surface area contributed by atoms with E-state index in [1.807, 2.05) is 12.1 Å². The van der Waals surface area contributed by atoms with Crippen molar-refractivity contribution in [1.29, 1.82) is 0 Å². The van der Waals surface area contributed by atoms with E-state index in [1.165, 1.54) is 27.8 Å². The molecule has 1 fully saturated rings. The van der Waals surface area contributed by atoms with E-state index in [4.69, 9.17) is 4.74 Å². The van der Waals surface area contributed by atoms with Gasteiger partial charge in [-0.2, -0.15) is 0 Å². The van der Waals surface area contributed by atoms with Crippen LogP contribution in [0.4, 0.5) is 0 Å². The Hall–Kier alpha value is -2.85. The van der Waals surface area contributed by atoms with Crippen LogP contribution in [-0.2, 0) is 17.9 Å². The molecule has 0 aromatic heterocycles. The van der Waals surface area contributed by atoms with Crippen molar-refractivity contribution >= 4 is 11.5 Å². The fourth-order valence-corrected chi connectivity index (χ4v) is 4.10. The van der Waals surface area contributed by atoms with E-state index in [1.54, 1.807) is 0 Å². The summed E-state index contributed by atoms with van der Waals surface area (Å²) in [5.41, 5.74) is 6.49. The number of amides is 1. The molecule has 1 unspecified atom stereocenters. The topological polar surface area (TPSA) is 50.4 Å². The molecule has 2 aliphatic rings. The monoisotopic (exact) mass is 402 g/mol. The van der Waals surface area contributed by atoms with Crippen molar-refractivity contribution in [1.82, 2.24) is 10.6 Å². The number of ether oxygens (including phenoxy) is 1. The van der Waals surface area contributed by atoms with Crippen LogP contribution in [-0.4, -0.2) is 18.5 Å². The van der Waals surface area contributed by atoms with Gasteiger partial charge < -0.3 is 15.4 Å². The minimum atomic E-state index is 0.163. The third-order valence-corrected chi connectivity index (χ3v) is 5.93. The summed E-state index contributed by atoms with van der Waals surface area (Å²) in [5, 5.41) is 6.40. The van der Waals surface area contributed by atoms with Gasteiger partial charge in [0, 0.05) is 25.6 Å². The molecule has 1 atom stereocenters. The maximum absolute atomic E-state index is 11.3. The van der Waals surface area contributed by atoms with Crippen molar-refractivity contribution < 1.29 is 9.53 Å². The zero-order valence-electron chi connectivity index (χ0n) is 17.6. The second kappa shape index (κ2) is 9.77. The molecular formula is C26H30N2O2. The molecular weight excluding hydrogens is 372 g/mol. The van der Waals surface area contributed by atoms with Crippen LogP contribution in [0, 0.1) is 6.92 Å². The Morgan fingerprint density at radius 1 is 1.13 bits per heavy atom. The lowest BCUT2D eigenvalue weighted by molar-refractivity contribution is -0.119. The van der Waals surface area contributed by atoms with Crippen molar-refractivity contribution in [2.75, 3.05) is 6.54 Å². The normalized spacial score (nSPS) is 18.2. The molecule has 4 nitrogen and oxygen atoms in total. The molecule has 30 heavy (non-hydrogen) atoms. The molecule has 2 aromatic rings. The Labute approximate surface area is 179 Å². The van der Waals surface area contributed by atoms with Gasteiger partial charge in [-0.15, -0.1) is 0 Å². The summed E-state index contributed by atoms with van der Waals surface area (Å²) in [4.78, 5) is 11.3. The average Bonchev–Trinajstić information content (AvgIpc) is 3.19. The molecule has 0 radical (unpaired) electrons. The van der Waals surface area contributed by atoms with Gasteiger partial charge in [0.05, 0.1) is 0 Å². The first-order valence-corrected chi connectivity index (χ1v) is 10.9. The number of carbonyl (C=O) groups is 1. The smallest absolute Gasteiger partial charge is 0.220 e. The highest BCUT2D eigenvalue weighted by atomic mass is 16.5. The van der Waals surface area contributed by atoms with Crippen molar-refractivity contribution in [3.05, 3.63) is 82.9 Å². The van der Waals surface area contributed by atoms with Gasteiger partial charge in [0.2, 0.25) is 5.91 Å². The molecule has 156 valence electrons. The Morgan fingerprint density at radius 2 is 2.00 bits per heavy atom. The zero-order chi connectivity index (χ0) is 20.8. The number of hydrogen-bond acceptors (Lipinski definition) is 3. The summed E-state index contributed by atoms with van der Waals surface area (Å²) >= 11 is 0. The highest BCUT2D eigenvalue weighted by molar-refractivity contribution is 5.78. The second-order valence-electron chi connectivity index (χ2n) is 8.12. The Kier molecular flexibility index (Phi) is 6.65. The van der Waals surface area contributed by atoms with E-state index in [0.717, 1.165) is 38.1 Å². The zero-order valence-corrected chi connectivity index (χ0v) is 17.6. The van der Waals surface area contributed by atoms with Crippen LogP contribution in [0.1, 0.15) is 47.9 Å². The van der Waals surface area contributed by atoms with E-state index in [-0.39, 0.29) is 11.9 Å². The molecule has 1 aliphatic heterocycles. The predicted molar refractivity (Wildman–Crippen MR) is 121 cm³/mol. The first kappa shape index (κ1) is 20.4. The van der Waals surface area contributed by atoms with Gasteiger partial charge in [-0.1, -0.05) is 48.6 Å². The fraction of sp³-hybridized carbons (Fsp3) is 0.346. The van der Waals surface area contributed by atoms with Gasteiger partial charge >= 0.3 is 0 Å². The van der Waals surface area contributed by atoms with E-state index in [2.05, 4.69) is 66.1 Å². The number of allylic oxidation sites excluding steroid dienone is 4. The summed E-state index contributed by atoms with van der Waals surface area (Å²) in [6, 6.07) is 15.0. The van der Waals surface area contributed by atoms with E-state index < -0.39 is 0 Å². The largest absolute Gasteiger partial charge is 0.489 e. The lowest BCUT2D eigenvalue weighted by atomic mass is 9.92. The fourth-order valence-electron chi connectivity index (χ4n) is 4.10. The lowest BCUT2D eigenvalue weighted by Gasteiger charge is -2.16. The highest BCUT2D eigenvalue weighted by Crippen LogP contribution is 2.28. The number of benzene rings is 2. The SMILES string of the molecule is Cc1c(COc2ccc(CNCC3CCC(=O)N3)cc2)cccc1C1=CC=CCC1. The van der Waals surface area contributed by atoms with Crippen molar-refractivity contribution in [3.63, 3.8) is 0 Å². The van der Waals surface area contributed by atoms with Gasteiger partial charge in [-0.25, -0.2) is 0 Å². The average molecular weight is 403 g/mol. The standard InChI is InChI=1S/C26H30N2O2/c1-19-22(8-5-9-25(19)21-6-3-2-4-7-21)18-30-24-13-10-20(11-14-24)16-27-17-23-12-15-26(29)28-23/h2-3,5-6,8-11,13-14,23,27H,4,7,12,15-18H2,1H3,(H,28,29). The molecule has 0 spiro atoms.